The Bertz CT molecular complexity index is 4930. The number of aromatic nitrogens is 7. The number of carbonyl (C=O) groups is 10. The number of nitrogens with zero attached hydrogens (tertiary/aromatic N) is 9. The number of likely N-dealkylation sites (tertiary alicyclic amines) is 2. The van der Waals surface area contributed by atoms with E-state index in [1.54, 1.807) is 135 Å². The minimum atomic E-state index is -1.51. The lowest BCUT2D eigenvalue weighted by molar-refractivity contribution is -0.145. The number of carboxylic acid groups (broad SMARTS) is 1. The van der Waals surface area contributed by atoms with Crippen molar-refractivity contribution in [1.29, 1.82) is 0 Å². The van der Waals surface area contributed by atoms with Gasteiger partial charge in [-0.2, -0.15) is 0 Å². The number of fused-ring (bicyclic) bond motifs is 2. The van der Waals surface area contributed by atoms with Crippen LogP contribution in [0.2, 0.25) is 0 Å². The van der Waals surface area contributed by atoms with Gasteiger partial charge in [-0.15, -0.1) is 15.7 Å². The molecule has 612 valence electrons. The van der Waals surface area contributed by atoms with Crippen molar-refractivity contribution in [2.75, 3.05) is 33.8 Å². The smallest absolute Gasteiger partial charge is 0.326 e. The van der Waals surface area contributed by atoms with E-state index in [1.165, 1.54) is 14.5 Å². The van der Waals surface area contributed by atoms with Crippen molar-refractivity contribution in [3.63, 3.8) is 0 Å². The molecule has 7 aliphatic rings. The molecule has 0 radical (unpaired) electrons. The number of nitrogens with one attached hydrogen (secondary N) is 12. The van der Waals surface area contributed by atoms with Crippen LogP contribution in [0.5, 0.6) is 11.5 Å². The van der Waals surface area contributed by atoms with Crippen molar-refractivity contribution >= 4 is 80.7 Å². The van der Waals surface area contributed by atoms with E-state index >= 15 is 24.0 Å². The van der Waals surface area contributed by atoms with Crippen molar-refractivity contribution < 1.29 is 62.5 Å². The maximum atomic E-state index is 15.6. The average Bonchev–Trinajstić information content (AvgIpc) is 1.63. The van der Waals surface area contributed by atoms with Crippen molar-refractivity contribution in [3.8, 4) is 11.5 Å². The molecule has 34 heteroatoms. The third-order valence-electron chi connectivity index (χ3n) is 21.5. The van der Waals surface area contributed by atoms with Gasteiger partial charge in [-0.3, -0.25) is 48.2 Å². The van der Waals surface area contributed by atoms with E-state index in [1.807, 2.05) is 84.9 Å². The molecule has 2 saturated heterocycles. The summed E-state index contributed by atoms with van der Waals surface area (Å²) in [7, 11) is 3.24. The van der Waals surface area contributed by atoms with Crippen LogP contribution >= 0.6 is 0 Å². The third-order valence-corrected chi connectivity index (χ3v) is 21.5. The number of hydrogen-bond donors (Lipinski definition) is 13. The van der Waals surface area contributed by atoms with Gasteiger partial charge in [0.1, 0.15) is 78.7 Å². The second kappa shape index (κ2) is 36.4. The van der Waals surface area contributed by atoms with E-state index in [4.69, 9.17) is 9.47 Å². The van der Waals surface area contributed by atoms with Crippen LogP contribution in [0.3, 0.4) is 0 Å². The predicted octanol–water partition coefficient (Wildman–Crippen LogP) is 2.24. The van der Waals surface area contributed by atoms with Gasteiger partial charge in [-0.25, -0.2) is 14.6 Å². The van der Waals surface area contributed by atoms with E-state index in [0.717, 1.165) is 21.5 Å². The first kappa shape index (κ1) is 83.0. The molecule has 34 nitrogen and oxygen atoms in total. The SMILES string of the molecule is CN[C@@H](C)C(=O)N[C@H](C(=O)N1C[C@@H]2C[C@H]1C(=O)N[C@@H](Cc1ccc3ccccc3c1)C(=O)N[C@H](C(=O)O)Cc1ccc(cc1)OCC1=CN(NN1)[C@H]1C[C@@H](C(=O)N[C@@H](Cc3ccc4ccccc4c3)C(=O)N[C@H](C(=O)NCc3nnn[nH]3)Cc3ccc(cc3)OCc3cn2nn3)N(C(=O)[C@@H](NC(=O)[C@H](C)NC)C(C)(C)C)C1)C(C)(C)C. The summed E-state index contributed by atoms with van der Waals surface area (Å²) in [5, 5.41) is 64.9. The summed E-state index contributed by atoms with van der Waals surface area (Å²) in [4.78, 5) is 150. The monoisotopic (exact) mass is 1590 g/mol. The second-order valence-electron chi connectivity index (χ2n) is 32.1. The second-order valence-corrected chi connectivity index (χ2v) is 32.1. The Labute approximate surface area is 670 Å². The maximum absolute atomic E-state index is 15.6. The van der Waals surface area contributed by atoms with Gasteiger partial charge in [0.25, 0.3) is 0 Å². The zero-order chi connectivity index (χ0) is 82.7. The molecule has 12 atom stereocenters. The summed E-state index contributed by atoms with van der Waals surface area (Å²) in [5.41, 5.74) is 7.76. The molecule has 116 heavy (non-hydrogen) atoms. The Morgan fingerprint density at radius 1 is 0.578 bits per heavy atom. The number of aromatic amines is 1. The number of benzene rings is 6. The van der Waals surface area contributed by atoms with E-state index in [2.05, 4.69) is 89.7 Å². The maximum Gasteiger partial charge on any atom is 0.326 e. The molecular formula is C82H101N21O13. The van der Waals surface area contributed by atoms with Crippen molar-refractivity contribution in [2.45, 2.75) is 180 Å². The van der Waals surface area contributed by atoms with Gasteiger partial charge in [0.2, 0.25) is 53.2 Å². The number of aliphatic carboxylic acids is 1. The minimum absolute atomic E-state index is 0.0135. The molecule has 7 aliphatic heterocycles. The molecule has 2 aromatic heterocycles. The van der Waals surface area contributed by atoms with Crippen LogP contribution in [0.1, 0.15) is 108 Å². The van der Waals surface area contributed by atoms with Crippen LogP contribution in [-0.2, 0) is 86.8 Å². The lowest BCUT2D eigenvalue weighted by atomic mass is 9.85. The summed E-state index contributed by atoms with van der Waals surface area (Å²) in [6.07, 6.45) is 2.89. The fraction of sp³-hybridized carbons (Fsp3) is 0.427. The van der Waals surface area contributed by atoms with E-state index < -0.39 is 142 Å². The molecule has 0 unspecified atom stereocenters. The van der Waals surface area contributed by atoms with E-state index in [-0.39, 0.29) is 77.2 Å². The molecule has 9 amide bonds. The molecule has 12 bridgehead atoms. The largest absolute Gasteiger partial charge is 0.487 e. The summed E-state index contributed by atoms with van der Waals surface area (Å²) in [5.74, 6) is -5.99. The summed E-state index contributed by atoms with van der Waals surface area (Å²) in [6, 6.07) is 26.9. The summed E-state index contributed by atoms with van der Waals surface area (Å²) >= 11 is 0. The molecule has 0 saturated carbocycles. The van der Waals surface area contributed by atoms with Gasteiger partial charge in [-0.1, -0.05) is 156 Å². The van der Waals surface area contributed by atoms with Crippen LogP contribution in [0, 0.1) is 10.8 Å². The van der Waals surface area contributed by atoms with Gasteiger partial charge < -0.3 is 77.7 Å². The van der Waals surface area contributed by atoms with Gasteiger partial charge in [0.05, 0.1) is 42.6 Å². The number of likely N-dealkylation sites (N-methyl/N-ethyl adjacent to an activating group) is 2. The van der Waals surface area contributed by atoms with Crippen LogP contribution in [0.25, 0.3) is 21.5 Å². The Kier molecular flexibility index (Phi) is 26.0. The first-order chi connectivity index (χ1) is 55.4. The number of ether oxygens (including phenoxy) is 2. The fourth-order valence-corrected chi connectivity index (χ4v) is 14.5. The number of amides is 9. The first-order valence-electron chi connectivity index (χ1n) is 38.8. The topological polar surface area (TPSA) is 437 Å². The molecule has 9 heterocycles. The van der Waals surface area contributed by atoms with Gasteiger partial charge in [-0.05, 0) is 117 Å². The molecule has 0 spiro atoms. The highest BCUT2D eigenvalue weighted by Gasteiger charge is 2.50. The number of tetrazole rings is 1. The van der Waals surface area contributed by atoms with Crippen LogP contribution in [0.4, 0.5) is 0 Å². The molecule has 0 aliphatic carbocycles. The van der Waals surface area contributed by atoms with E-state index in [9.17, 15) is 29.1 Å². The molecule has 6 aromatic carbocycles. The summed E-state index contributed by atoms with van der Waals surface area (Å²) in [6.45, 7) is 13.7. The van der Waals surface area contributed by atoms with Crippen molar-refractivity contribution in [3.05, 3.63) is 185 Å². The predicted molar refractivity (Wildman–Crippen MR) is 426 cm³/mol. The number of carboxylic acids is 1. The highest BCUT2D eigenvalue weighted by molar-refractivity contribution is 5.99. The number of carbonyl (C=O) groups excluding carboxylic acids is 9. The van der Waals surface area contributed by atoms with Crippen LogP contribution in [0.15, 0.2) is 152 Å². The lowest BCUT2D eigenvalue weighted by Crippen LogP contribution is -2.61. The minimum Gasteiger partial charge on any atom is -0.487 e. The standard InChI is InChI=1S/C82H101N21O13/c1-46(83-9)71(104)90-69(81(3,4)5)78(111)100-42-58-37-66(100)76(109)87-63(35-50-19-25-52-15-11-13-17-54(52)31-50)74(107)86-62(73(106)85-39-68-94-96-97-95-68)33-48-21-27-60(28-22-48)115-44-56-40-103(98-92-56)59-38-67(101(43-59)79(112)70(82(6,7)8)91-72(105)47(2)84-10)77(110)88-64(36-51-20-26-53-16-12-14-18-55(53)32-51)75(108)89-65(80(113)114)34-49-23-29-61(30-24-49)116-45-57-41-102(58)99-93-57/h11-32,40-41,46-47,58-59,62-67,69-70,83-84,93,99H,33-39,42-45H2,1-10H3,(H,85,106)(H,86,107)(H,87,109)(H,88,110)(H,89,108)(H,90,104)(H,91,105)(H,113,114)(H,94,95,96,97)/t46-,47-,58-,59-,62-,63-,64-,65-,66-,67-,69+,70+/m0/s1. The highest BCUT2D eigenvalue weighted by atomic mass is 16.5. The highest BCUT2D eigenvalue weighted by Crippen LogP contribution is 2.34. The normalized spacial score (nSPS) is 21.7. The molecule has 15 rings (SSSR count). The number of rotatable bonds is 16. The zero-order valence-electron chi connectivity index (χ0n) is 66.4. The van der Waals surface area contributed by atoms with Crippen LogP contribution in [-0.4, -0.2) is 215 Å². The van der Waals surface area contributed by atoms with E-state index in [0.29, 0.717) is 45.1 Å². The quantitative estimate of drug-likeness (QED) is 0.0659. The Morgan fingerprint density at radius 3 is 1.55 bits per heavy atom. The fourth-order valence-electron chi connectivity index (χ4n) is 14.5. The zero-order valence-corrected chi connectivity index (χ0v) is 66.4. The summed E-state index contributed by atoms with van der Waals surface area (Å²) < 4.78 is 14.1. The number of hydrazine groups is 2. The average molecular weight is 1590 g/mol. The molecule has 2 fully saturated rings. The van der Waals surface area contributed by atoms with Crippen molar-refractivity contribution in [2.24, 2.45) is 10.8 Å². The molecule has 13 N–H and O–H groups in total. The first-order valence-corrected chi connectivity index (χ1v) is 38.8. The van der Waals surface area contributed by atoms with Crippen LogP contribution < -0.4 is 68.3 Å². The lowest BCUT2D eigenvalue weighted by Gasteiger charge is -2.36. The van der Waals surface area contributed by atoms with Gasteiger partial charge in [0, 0.05) is 57.8 Å². The Balaban J connectivity index is 0.882. The van der Waals surface area contributed by atoms with Gasteiger partial charge >= 0.3 is 5.97 Å². The van der Waals surface area contributed by atoms with Crippen molar-refractivity contribution in [1.82, 2.24) is 109 Å². The third kappa shape index (κ3) is 20.6. The number of hydrogen-bond acceptors (Lipinski definition) is 22. The molecular weight excluding hydrogens is 1490 g/mol. The van der Waals surface area contributed by atoms with Gasteiger partial charge in [0.15, 0.2) is 5.82 Å². The molecule has 8 aromatic rings. The Morgan fingerprint density at radius 2 is 1.06 bits per heavy atom. The Hall–Kier alpha value is -12.4. The number of H-pyrrole nitrogens is 1.